The fourth-order valence-electron chi connectivity index (χ4n) is 2.00. The Morgan fingerprint density at radius 2 is 1.91 bits per heavy atom. The maximum atomic E-state index is 11.5. The topological polar surface area (TPSA) is 59.1 Å². The number of hydrogen-bond donors (Lipinski definition) is 0. The van der Waals surface area contributed by atoms with Crippen LogP contribution in [-0.2, 0) is 9.53 Å². The maximum absolute atomic E-state index is 11.5. The van der Waals surface area contributed by atoms with Crippen LogP contribution in [0.15, 0.2) is 36.7 Å². The first-order chi connectivity index (χ1) is 10.6. The Hall–Kier alpha value is -2.50. The second-order valence-corrected chi connectivity index (χ2v) is 4.83. The highest BCUT2D eigenvalue weighted by Gasteiger charge is 2.14. The third kappa shape index (κ3) is 4.25. The van der Waals surface area contributed by atoms with Gasteiger partial charge < -0.3 is 14.4 Å². The highest BCUT2D eigenvalue weighted by atomic mass is 16.5. The fourth-order valence-corrected chi connectivity index (χ4v) is 2.00. The Morgan fingerprint density at radius 3 is 2.50 bits per heavy atom. The largest absolute Gasteiger partial charge is 0.492 e. The molecular formula is C16H20N2O4. The minimum atomic E-state index is -0.333. The average molecular weight is 304 g/mol. The number of ether oxygens (including phenoxy) is 2. The molecule has 1 aliphatic heterocycles. The van der Waals surface area contributed by atoms with Gasteiger partial charge in [0.05, 0.1) is 25.4 Å². The molecule has 1 heterocycles. The summed E-state index contributed by atoms with van der Waals surface area (Å²) in [6.45, 7) is 5.40. The zero-order valence-corrected chi connectivity index (χ0v) is 12.8. The van der Waals surface area contributed by atoms with Crippen LogP contribution in [0.2, 0.25) is 0 Å². The van der Waals surface area contributed by atoms with Crippen molar-refractivity contribution in [2.75, 3.05) is 26.4 Å². The van der Waals surface area contributed by atoms with Crippen LogP contribution in [0.4, 0.5) is 0 Å². The van der Waals surface area contributed by atoms with Gasteiger partial charge in [-0.25, -0.2) is 4.79 Å². The van der Waals surface area contributed by atoms with E-state index < -0.39 is 0 Å². The zero-order chi connectivity index (χ0) is 15.9. The second-order valence-electron chi connectivity index (χ2n) is 4.83. The molecule has 1 aliphatic rings. The van der Waals surface area contributed by atoms with E-state index in [4.69, 9.17) is 9.47 Å². The van der Waals surface area contributed by atoms with E-state index in [9.17, 15) is 9.59 Å². The molecule has 0 saturated heterocycles. The van der Waals surface area contributed by atoms with Crippen LogP contribution < -0.4 is 4.74 Å². The van der Waals surface area contributed by atoms with Crippen molar-refractivity contribution in [1.29, 1.82) is 0 Å². The zero-order valence-electron chi connectivity index (χ0n) is 12.8. The van der Waals surface area contributed by atoms with Crippen LogP contribution in [-0.4, -0.2) is 48.1 Å². The fraction of sp³-hybridized carbons (Fsp3) is 0.375. The van der Waals surface area contributed by atoms with Gasteiger partial charge in [-0.3, -0.25) is 9.69 Å². The second kappa shape index (κ2) is 7.49. The monoisotopic (exact) mass is 304 g/mol. The van der Waals surface area contributed by atoms with Crippen LogP contribution in [0.25, 0.3) is 0 Å². The third-order valence-electron chi connectivity index (χ3n) is 3.21. The summed E-state index contributed by atoms with van der Waals surface area (Å²) < 4.78 is 10.5. The molecule has 6 nitrogen and oxygen atoms in total. The Bertz CT molecular complexity index is 554. The van der Waals surface area contributed by atoms with E-state index in [0.717, 1.165) is 0 Å². The Labute approximate surface area is 129 Å². The highest BCUT2D eigenvalue weighted by Crippen LogP contribution is 2.13. The lowest BCUT2D eigenvalue weighted by atomic mass is 10.2. The van der Waals surface area contributed by atoms with Crippen LogP contribution in [0, 0.1) is 0 Å². The normalized spacial score (nSPS) is 13.4. The number of esters is 1. The van der Waals surface area contributed by atoms with Gasteiger partial charge in [-0.15, -0.1) is 0 Å². The van der Waals surface area contributed by atoms with Gasteiger partial charge in [0.2, 0.25) is 5.91 Å². The first-order valence-electron chi connectivity index (χ1n) is 7.19. The van der Waals surface area contributed by atoms with E-state index in [1.165, 1.54) is 6.92 Å². The van der Waals surface area contributed by atoms with Crippen molar-refractivity contribution in [2.24, 2.45) is 0 Å². The number of rotatable bonds is 6. The minimum absolute atomic E-state index is 0.0224. The lowest BCUT2D eigenvalue weighted by Crippen LogP contribution is -2.30. The number of benzene rings is 1. The average Bonchev–Trinajstić information content (AvgIpc) is 2.97. The molecule has 118 valence electrons. The van der Waals surface area contributed by atoms with Crippen molar-refractivity contribution in [3.8, 4) is 5.75 Å². The smallest absolute Gasteiger partial charge is 0.338 e. The lowest BCUT2D eigenvalue weighted by molar-refractivity contribution is -0.126. The van der Waals surface area contributed by atoms with Crippen molar-refractivity contribution in [3.05, 3.63) is 42.2 Å². The minimum Gasteiger partial charge on any atom is -0.492 e. The van der Waals surface area contributed by atoms with E-state index in [1.807, 2.05) is 11.1 Å². The van der Waals surface area contributed by atoms with E-state index in [0.29, 0.717) is 37.7 Å². The third-order valence-corrected chi connectivity index (χ3v) is 3.21. The maximum Gasteiger partial charge on any atom is 0.338 e. The van der Waals surface area contributed by atoms with Gasteiger partial charge >= 0.3 is 5.97 Å². The summed E-state index contributed by atoms with van der Waals surface area (Å²) in [5.41, 5.74) is 0.508. The van der Waals surface area contributed by atoms with Crippen LogP contribution >= 0.6 is 0 Å². The van der Waals surface area contributed by atoms with Gasteiger partial charge in [-0.1, -0.05) is 0 Å². The van der Waals surface area contributed by atoms with E-state index in [-0.39, 0.29) is 11.9 Å². The summed E-state index contributed by atoms with van der Waals surface area (Å²) >= 11 is 0. The number of nitrogens with zero attached hydrogens (tertiary/aromatic N) is 2. The molecule has 0 fully saturated rings. The predicted octanol–water partition coefficient (Wildman–Crippen LogP) is 1.83. The van der Waals surface area contributed by atoms with Gasteiger partial charge in [0.15, 0.2) is 0 Å². The first kappa shape index (κ1) is 15.9. The molecule has 0 aliphatic carbocycles. The SMILES string of the molecule is CCOC(=O)c1ccc(OCCN2C=CN(C(C)=O)C2)cc1. The van der Waals surface area contributed by atoms with Crippen LogP contribution in [0.5, 0.6) is 5.75 Å². The molecule has 0 spiro atoms. The number of carbonyl (C=O) groups is 2. The lowest BCUT2D eigenvalue weighted by Gasteiger charge is -2.19. The van der Waals surface area contributed by atoms with Crippen molar-refractivity contribution >= 4 is 11.9 Å². The molecule has 1 aromatic rings. The molecule has 0 saturated carbocycles. The molecule has 0 radical (unpaired) electrons. The van der Waals surface area contributed by atoms with Crippen molar-refractivity contribution in [1.82, 2.24) is 9.80 Å². The van der Waals surface area contributed by atoms with Gasteiger partial charge in [0.25, 0.3) is 0 Å². The molecule has 1 amide bonds. The molecule has 0 bridgehead atoms. The summed E-state index contributed by atoms with van der Waals surface area (Å²) in [5, 5.41) is 0. The van der Waals surface area contributed by atoms with Gasteiger partial charge in [-0.05, 0) is 31.2 Å². The molecule has 2 rings (SSSR count). The summed E-state index contributed by atoms with van der Waals surface area (Å²) in [4.78, 5) is 26.3. The van der Waals surface area contributed by atoms with Crippen LogP contribution in [0.1, 0.15) is 24.2 Å². The number of amides is 1. The van der Waals surface area contributed by atoms with E-state index >= 15 is 0 Å². The first-order valence-corrected chi connectivity index (χ1v) is 7.19. The summed E-state index contributed by atoms with van der Waals surface area (Å²) in [7, 11) is 0. The number of carbonyl (C=O) groups excluding carboxylic acids is 2. The summed E-state index contributed by atoms with van der Waals surface area (Å²) in [5.74, 6) is 0.384. The quantitative estimate of drug-likeness (QED) is 0.751. The highest BCUT2D eigenvalue weighted by molar-refractivity contribution is 5.89. The Kier molecular flexibility index (Phi) is 5.41. The molecule has 1 aromatic carbocycles. The summed E-state index contributed by atoms with van der Waals surface area (Å²) in [6.07, 6.45) is 3.63. The van der Waals surface area contributed by atoms with Crippen LogP contribution in [0.3, 0.4) is 0 Å². The van der Waals surface area contributed by atoms with Crippen molar-refractivity contribution in [3.63, 3.8) is 0 Å². The molecule has 0 N–H and O–H groups in total. The van der Waals surface area contributed by atoms with Gasteiger partial charge in [0.1, 0.15) is 12.4 Å². The summed E-state index contributed by atoms with van der Waals surface area (Å²) in [6, 6.07) is 6.85. The van der Waals surface area contributed by atoms with Crippen molar-refractivity contribution < 1.29 is 19.1 Å². The van der Waals surface area contributed by atoms with Gasteiger partial charge in [-0.2, -0.15) is 0 Å². The molecule has 22 heavy (non-hydrogen) atoms. The van der Waals surface area contributed by atoms with Crippen molar-refractivity contribution in [2.45, 2.75) is 13.8 Å². The Morgan fingerprint density at radius 1 is 1.18 bits per heavy atom. The predicted molar refractivity (Wildman–Crippen MR) is 81.1 cm³/mol. The molecule has 0 aromatic heterocycles. The van der Waals surface area contributed by atoms with E-state index in [1.54, 1.807) is 42.3 Å². The Balaban J connectivity index is 1.75. The van der Waals surface area contributed by atoms with Gasteiger partial charge in [0, 0.05) is 19.3 Å². The standard InChI is InChI=1S/C16H20N2O4/c1-3-21-16(20)14-4-6-15(7-5-14)22-11-10-17-8-9-18(12-17)13(2)19/h4-9H,3,10-12H2,1-2H3. The number of hydrogen-bond acceptors (Lipinski definition) is 5. The molecule has 0 atom stereocenters. The molecule has 0 unspecified atom stereocenters. The van der Waals surface area contributed by atoms with E-state index in [2.05, 4.69) is 0 Å². The molecule has 6 heteroatoms. The molecular weight excluding hydrogens is 284 g/mol.